The van der Waals surface area contributed by atoms with E-state index in [-0.39, 0.29) is 13.4 Å². The van der Waals surface area contributed by atoms with E-state index in [1.165, 1.54) is 0 Å². The lowest BCUT2D eigenvalue weighted by atomic mass is 9.32. The number of rotatable bonds is 4. The van der Waals surface area contributed by atoms with Crippen molar-refractivity contribution in [2.75, 3.05) is 0 Å². The van der Waals surface area contributed by atoms with E-state index < -0.39 is 0 Å². The van der Waals surface area contributed by atoms with Crippen molar-refractivity contribution in [1.82, 2.24) is 39.1 Å². The number of fused-ring (bicyclic) bond motifs is 10. The highest BCUT2D eigenvalue weighted by molar-refractivity contribution is 7.00. The molecule has 0 bridgehead atoms. The van der Waals surface area contributed by atoms with E-state index in [2.05, 4.69) is 125 Å². The number of ether oxygens (including phenoxy) is 4. The van der Waals surface area contributed by atoms with Gasteiger partial charge in [-0.2, -0.15) is 20.4 Å². The molecule has 0 spiro atoms. The van der Waals surface area contributed by atoms with Gasteiger partial charge in [0.1, 0.15) is 23.0 Å². The Morgan fingerprint density at radius 1 is 0.328 bits per heavy atom. The third kappa shape index (κ3) is 5.19. The van der Waals surface area contributed by atoms with Crippen LogP contribution in [0.25, 0.3) is 22.7 Å². The van der Waals surface area contributed by atoms with Gasteiger partial charge in [0.2, 0.25) is 0 Å². The first-order valence-corrected chi connectivity index (χ1v) is 21.6. The number of benzene rings is 5. The molecule has 5 aromatic carbocycles. The monoisotopic (exact) mass is 838 g/mol. The average molecular weight is 839 g/mol. The Kier molecular flexibility index (Phi) is 7.44. The number of hydrogen-bond acceptors (Lipinski definition) is 8. The largest absolute Gasteiger partial charge is 0.454 e. The maximum Gasteiger partial charge on any atom is 0.261 e. The van der Waals surface area contributed by atoms with Crippen LogP contribution in [0.15, 0.2) is 97.1 Å². The van der Waals surface area contributed by atoms with E-state index in [0.717, 1.165) is 124 Å². The van der Waals surface area contributed by atoms with Gasteiger partial charge in [-0.05, 0) is 174 Å². The summed E-state index contributed by atoms with van der Waals surface area (Å²) in [7, 11) is 0. The van der Waals surface area contributed by atoms with Gasteiger partial charge in [-0.25, -0.2) is 18.7 Å². The summed E-state index contributed by atoms with van der Waals surface area (Å²) in [5.74, 6) is 5.32. The molecular formula is C50H40B2N8O4. The minimum Gasteiger partial charge on any atom is -0.454 e. The van der Waals surface area contributed by atoms with Crippen molar-refractivity contribution >= 4 is 46.2 Å². The van der Waals surface area contributed by atoms with Crippen LogP contribution in [0.4, 0.5) is 0 Å². The second kappa shape index (κ2) is 12.9. The van der Waals surface area contributed by atoms with Crippen LogP contribution in [0.1, 0.15) is 45.6 Å². The van der Waals surface area contributed by atoms with Gasteiger partial charge in [-0.3, -0.25) is 0 Å². The molecule has 14 heteroatoms. The predicted molar refractivity (Wildman–Crippen MR) is 248 cm³/mol. The van der Waals surface area contributed by atoms with Crippen LogP contribution in [0.2, 0.25) is 0 Å². The average Bonchev–Trinajstić information content (AvgIpc) is 4.03. The molecule has 0 radical (unpaired) electrons. The predicted octanol–water partition coefficient (Wildman–Crippen LogP) is 6.35. The van der Waals surface area contributed by atoms with Crippen molar-refractivity contribution in [3.63, 3.8) is 0 Å². The van der Waals surface area contributed by atoms with Gasteiger partial charge in [0.05, 0.1) is 45.5 Å². The van der Waals surface area contributed by atoms with E-state index in [1.807, 2.05) is 46.4 Å². The molecule has 0 N–H and O–H groups in total. The Hall–Kier alpha value is -7.73. The number of aromatic nitrogens is 8. The van der Waals surface area contributed by atoms with Crippen molar-refractivity contribution < 1.29 is 18.9 Å². The molecule has 4 aliphatic rings. The molecule has 8 heterocycles. The van der Waals surface area contributed by atoms with Gasteiger partial charge < -0.3 is 18.9 Å². The summed E-state index contributed by atoms with van der Waals surface area (Å²) in [5, 5.41) is 19.4. The summed E-state index contributed by atoms with van der Waals surface area (Å²) < 4.78 is 36.6. The summed E-state index contributed by atoms with van der Waals surface area (Å²) in [5.41, 5.74) is 17.3. The van der Waals surface area contributed by atoms with Crippen LogP contribution in [0.3, 0.4) is 0 Å². The minimum absolute atomic E-state index is 0.330. The topological polar surface area (TPSA) is 108 Å². The zero-order valence-corrected chi connectivity index (χ0v) is 36.6. The van der Waals surface area contributed by atoms with Crippen LogP contribution >= 0.6 is 0 Å². The van der Waals surface area contributed by atoms with Gasteiger partial charge in [-0.1, -0.05) is 0 Å². The molecule has 13 rings (SSSR count). The highest BCUT2D eigenvalue weighted by Gasteiger charge is 2.51. The van der Waals surface area contributed by atoms with Crippen molar-refractivity contribution in [2.24, 2.45) is 0 Å². The van der Waals surface area contributed by atoms with E-state index in [1.54, 1.807) is 0 Å². The molecule has 64 heavy (non-hydrogen) atoms. The van der Waals surface area contributed by atoms with Crippen molar-refractivity contribution in [3.05, 3.63) is 143 Å². The standard InChI is InChI=1S/C50H40B2N8O4/c1-25-17-29(5)57(53-25)33-9-13-41-37(21-33)51-38-22-34(58-30(6)18-26(2)54-58)10-14-42(38)62-48-45(51)47(61-41)49-46-50(48)64-44-16-12-36(60-32(8)20-28(4)56-60)24-40(44)52(46)39-23-35(11-15-43(39)63-49)59-31(7)19-27(3)55-59/h9-24H,1-8H3. The summed E-state index contributed by atoms with van der Waals surface area (Å²) in [6, 6.07) is 33.6. The first kappa shape index (κ1) is 36.9. The molecule has 12 nitrogen and oxygen atoms in total. The van der Waals surface area contributed by atoms with Crippen molar-refractivity contribution in [1.29, 1.82) is 0 Å². The van der Waals surface area contributed by atoms with Crippen LogP contribution in [-0.2, 0) is 0 Å². The van der Waals surface area contributed by atoms with Crippen molar-refractivity contribution in [2.45, 2.75) is 55.4 Å². The van der Waals surface area contributed by atoms with Gasteiger partial charge in [0, 0.05) is 33.7 Å². The Morgan fingerprint density at radius 2 is 0.562 bits per heavy atom. The molecule has 9 aromatic rings. The highest BCUT2D eigenvalue weighted by atomic mass is 16.5. The highest BCUT2D eigenvalue weighted by Crippen LogP contribution is 2.49. The summed E-state index contributed by atoms with van der Waals surface area (Å²) in [4.78, 5) is 0. The maximum absolute atomic E-state index is 7.16. The molecule has 4 aromatic heterocycles. The first-order valence-electron chi connectivity index (χ1n) is 21.6. The van der Waals surface area contributed by atoms with E-state index >= 15 is 0 Å². The Labute approximate surface area is 369 Å². The second-order valence-corrected chi connectivity index (χ2v) is 17.7. The Morgan fingerprint density at radius 3 is 0.766 bits per heavy atom. The SMILES string of the molecule is Cc1cc(C)n(-c2ccc3c(c2)B2c4cc(-n5nc(C)cc5C)ccc4Oc4c5c6c(c(c42)O3)Oc2ccc(-n3nc(C)cc3C)cc2B6c2cc(-n3nc(C)cc3C)ccc2O5)n1. The number of aryl methyl sites for hydroxylation is 8. The molecule has 0 atom stereocenters. The normalized spacial score (nSPS) is 13.4. The maximum atomic E-state index is 7.16. The lowest BCUT2D eigenvalue weighted by Crippen LogP contribution is -2.61. The van der Waals surface area contributed by atoms with Crippen LogP contribution in [-0.4, -0.2) is 52.5 Å². The molecule has 0 fully saturated rings. The van der Waals surface area contributed by atoms with E-state index in [0.29, 0.717) is 23.0 Å². The van der Waals surface area contributed by atoms with E-state index in [9.17, 15) is 0 Å². The molecule has 0 unspecified atom stereocenters. The first-order chi connectivity index (χ1) is 30.9. The fraction of sp³-hybridized carbons (Fsp3) is 0.160. The zero-order valence-electron chi connectivity index (χ0n) is 36.6. The fourth-order valence-electron chi connectivity index (χ4n) is 10.5. The van der Waals surface area contributed by atoms with Crippen LogP contribution in [0, 0.1) is 55.4 Å². The Bertz CT molecular complexity index is 3090. The molecule has 0 saturated heterocycles. The van der Waals surface area contributed by atoms with Gasteiger partial charge in [-0.15, -0.1) is 0 Å². The summed E-state index contributed by atoms with van der Waals surface area (Å²) >= 11 is 0. The zero-order chi connectivity index (χ0) is 43.4. The van der Waals surface area contributed by atoms with Gasteiger partial charge in [0.25, 0.3) is 13.4 Å². The van der Waals surface area contributed by atoms with Gasteiger partial charge >= 0.3 is 0 Å². The second-order valence-electron chi connectivity index (χ2n) is 17.7. The molecule has 4 aliphatic heterocycles. The van der Waals surface area contributed by atoms with Gasteiger partial charge in [0.15, 0.2) is 23.0 Å². The molecule has 0 aliphatic carbocycles. The third-order valence-corrected chi connectivity index (χ3v) is 13.1. The quantitative estimate of drug-likeness (QED) is 0.189. The number of nitrogens with zero attached hydrogens (tertiary/aromatic N) is 8. The Balaban J connectivity index is 1.08. The molecule has 0 amide bonds. The van der Waals surface area contributed by atoms with E-state index in [4.69, 9.17) is 39.3 Å². The molecule has 0 saturated carbocycles. The van der Waals surface area contributed by atoms with Crippen LogP contribution < -0.4 is 51.7 Å². The summed E-state index contributed by atoms with van der Waals surface area (Å²) in [6.45, 7) is 15.7. The fourth-order valence-corrected chi connectivity index (χ4v) is 10.5. The smallest absolute Gasteiger partial charge is 0.261 e. The van der Waals surface area contributed by atoms with Crippen molar-refractivity contribution in [3.8, 4) is 68.7 Å². The molecule has 310 valence electrons. The lowest BCUT2D eigenvalue weighted by molar-refractivity contribution is 0.396. The number of hydrogen-bond donors (Lipinski definition) is 0. The minimum atomic E-state index is -0.330. The lowest BCUT2D eigenvalue weighted by Gasteiger charge is -2.40. The van der Waals surface area contributed by atoms with Crippen LogP contribution in [0.5, 0.6) is 46.0 Å². The summed E-state index contributed by atoms with van der Waals surface area (Å²) in [6.07, 6.45) is 0. The molecular weight excluding hydrogens is 798 g/mol. The third-order valence-electron chi connectivity index (χ3n) is 13.1.